The molecule has 0 aromatic heterocycles. The summed E-state index contributed by atoms with van der Waals surface area (Å²) in [4.78, 5) is 16.5. The molecule has 1 aromatic carbocycles. The Morgan fingerprint density at radius 2 is 1.78 bits per heavy atom. The van der Waals surface area contributed by atoms with Crippen molar-refractivity contribution in [1.82, 2.24) is 16.0 Å². The van der Waals surface area contributed by atoms with Gasteiger partial charge in [0, 0.05) is 25.6 Å². The summed E-state index contributed by atoms with van der Waals surface area (Å²) in [6.07, 6.45) is 6.12. The van der Waals surface area contributed by atoms with E-state index in [0.29, 0.717) is 19.0 Å². The topological polar surface area (TPSA) is 65.5 Å². The van der Waals surface area contributed by atoms with Gasteiger partial charge in [-0.05, 0) is 45.6 Å². The summed E-state index contributed by atoms with van der Waals surface area (Å²) in [5.74, 6) is 0.900. The molecule has 27 heavy (non-hydrogen) atoms. The second-order valence-electron chi connectivity index (χ2n) is 7.23. The molecule has 1 amide bonds. The Morgan fingerprint density at radius 3 is 2.41 bits per heavy atom. The van der Waals surface area contributed by atoms with E-state index in [1.54, 1.807) is 0 Å². The van der Waals surface area contributed by atoms with Crippen LogP contribution in [0.4, 0.5) is 0 Å². The minimum atomic E-state index is 0. The zero-order valence-electron chi connectivity index (χ0n) is 16.9. The summed E-state index contributed by atoms with van der Waals surface area (Å²) in [6.45, 7) is 8.45. The molecule has 0 bridgehead atoms. The smallest absolute Gasteiger partial charge is 0.222 e. The summed E-state index contributed by atoms with van der Waals surface area (Å²) in [5, 5.41) is 9.72. The molecule has 1 saturated carbocycles. The first-order valence-electron chi connectivity index (χ1n) is 9.95. The van der Waals surface area contributed by atoms with E-state index in [9.17, 15) is 4.79 Å². The number of guanidine groups is 1. The van der Waals surface area contributed by atoms with Crippen LogP contribution in [0.1, 0.15) is 55.7 Å². The van der Waals surface area contributed by atoms with Crippen molar-refractivity contribution < 1.29 is 4.79 Å². The first kappa shape index (κ1) is 23.7. The van der Waals surface area contributed by atoms with Crippen molar-refractivity contribution in [3.63, 3.8) is 0 Å². The molecule has 0 radical (unpaired) electrons. The van der Waals surface area contributed by atoms with Gasteiger partial charge in [0.05, 0.1) is 6.54 Å². The van der Waals surface area contributed by atoms with Crippen LogP contribution in [0, 0.1) is 13.8 Å². The highest BCUT2D eigenvalue weighted by molar-refractivity contribution is 14.0. The normalized spacial score (nSPS) is 14.6. The van der Waals surface area contributed by atoms with Crippen LogP contribution in [-0.4, -0.2) is 37.5 Å². The molecule has 1 aliphatic rings. The molecule has 0 atom stereocenters. The third-order valence-corrected chi connectivity index (χ3v) is 4.66. The molecule has 0 aliphatic heterocycles. The molecular formula is C21H35IN4O. The Morgan fingerprint density at radius 1 is 1.11 bits per heavy atom. The van der Waals surface area contributed by atoms with Gasteiger partial charge in [-0.1, -0.05) is 42.2 Å². The predicted octanol–water partition coefficient (Wildman–Crippen LogP) is 3.47. The van der Waals surface area contributed by atoms with Crippen LogP contribution in [0.5, 0.6) is 0 Å². The van der Waals surface area contributed by atoms with Gasteiger partial charge in [-0.15, -0.1) is 24.0 Å². The second-order valence-corrected chi connectivity index (χ2v) is 7.23. The van der Waals surface area contributed by atoms with Gasteiger partial charge in [0.1, 0.15) is 0 Å². The van der Waals surface area contributed by atoms with Gasteiger partial charge in [-0.3, -0.25) is 9.79 Å². The van der Waals surface area contributed by atoms with E-state index in [2.05, 4.69) is 53.0 Å². The van der Waals surface area contributed by atoms with Crippen LogP contribution in [0.3, 0.4) is 0 Å². The highest BCUT2D eigenvalue weighted by Gasteiger charge is 2.16. The summed E-state index contributed by atoms with van der Waals surface area (Å²) >= 11 is 0. The van der Waals surface area contributed by atoms with Gasteiger partial charge in [0.25, 0.3) is 0 Å². The Balaban J connectivity index is 0.00000364. The van der Waals surface area contributed by atoms with Crippen LogP contribution < -0.4 is 16.0 Å². The number of aliphatic imine (C=N–C) groups is 1. The van der Waals surface area contributed by atoms with Gasteiger partial charge in [0.15, 0.2) is 5.96 Å². The number of hydrogen-bond acceptors (Lipinski definition) is 2. The molecule has 152 valence electrons. The van der Waals surface area contributed by atoms with Crippen molar-refractivity contribution in [2.45, 2.75) is 65.3 Å². The lowest BCUT2D eigenvalue weighted by atomic mass is 10.1. The fourth-order valence-electron chi connectivity index (χ4n) is 3.52. The highest BCUT2D eigenvalue weighted by Crippen LogP contribution is 2.17. The van der Waals surface area contributed by atoms with Gasteiger partial charge < -0.3 is 16.0 Å². The number of nitrogens with one attached hydrogen (secondary N) is 3. The number of carbonyl (C=O) groups excluding carboxylic acids is 1. The van der Waals surface area contributed by atoms with Crippen LogP contribution in [0.15, 0.2) is 23.2 Å². The van der Waals surface area contributed by atoms with E-state index in [4.69, 9.17) is 0 Å². The number of hydrogen-bond donors (Lipinski definition) is 3. The molecule has 0 heterocycles. The van der Waals surface area contributed by atoms with Gasteiger partial charge in [-0.25, -0.2) is 0 Å². The number of halogens is 1. The molecule has 0 unspecified atom stereocenters. The molecule has 3 N–H and O–H groups in total. The Bertz CT molecular complexity index is 592. The number of rotatable bonds is 8. The number of nitrogens with zero attached hydrogens (tertiary/aromatic N) is 1. The predicted molar refractivity (Wildman–Crippen MR) is 124 cm³/mol. The van der Waals surface area contributed by atoms with E-state index in [1.165, 1.54) is 29.5 Å². The zero-order valence-corrected chi connectivity index (χ0v) is 19.3. The van der Waals surface area contributed by atoms with E-state index >= 15 is 0 Å². The lowest BCUT2D eigenvalue weighted by molar-refractivity contribution is -0.121. The number of benzene rings is 1. The Kier molecular flexibility index (Phi) is 11.4. The van der Waals surface area contributed by atoms with Crippen molar-refractivity contribution in [2.75, 3.05) is 19.6 Å². The molecule has 0 saturated heterocycles. The van der Waals surface area contributed by atoms with Crippen molar-refractivity contribution in [3.8, 4) is 0 Å². The Labute approximate surface area is 181 Å². The molecule has 6 heteroatoms. The fourth-order valence-corrected chi connectivity index (χ4v) is 3.52. The van der Waals surface area contributed by atoms with E-state index < -0.39 is 0 Å². The SMILES string of the molecule is CCNC(=NCCC(=O)NC1CCCC1)NCCc1cc(C)cc(C)c1.I. The summed E-state index contributed by atoms with van der Waals surface area (Å²) in [7, 11) is 0. The minimum absolute atomic E-state index is 0. The van der Waals surface area contributed by atoms with Gasteiger partial charge in [-0.2, -0.15) is 0 Å². The molecule has 1 aromatic rings. The first-order chi connectivity index (χ1) is 12.6. The largest absolute Gasteiger partial charge is 0.357 e. The van der Waals surface area contributed by atoms with E-state index in [1.807, 2.05) is 6.92 Å². The maximum absolute atomic E-state index is 12.0. The maximum atomic E-state index is 12.0. The van der Waals surface area contributed by atoms with Crippen molar-refractivity contribution in [1.29, 1.82) is 0 Å². The van der Waals surface area contributed by atoms with Crippen LogP contribution in [0.2, 0.25) is 0 Å². The molecular weight excluding hydrogens is 451 g/mol. The molecule has 1 fully saturated rings. The fraction of sp³-hybridized carbons (Fsp3) is 0.619. The standard InChI is InChI=1S/C21H34N4O.HI/c1-4-22-21(23-11-9-18-14-16(2)13-17(3)15-18)24-12-10-20(26)25-19-7-5-6-8-19;/h13-15,19H,4-12H2,1-3H3,(H,25,26)(H2,22,23,24);1H. The van der Waals surface area contributed by atoms with Crippen molar-refractivity contribution in [2.24, 2.45) is 4.99 Å². The first-order valence-corrected chi connectivity index (χ1v) is 9.95. The average Bonchev–Trinajstić information content (AvgIpc) is 3.07. The quantitative estimate of drug-likeness (QED) is 0.300. The zero-order chi connectivity index (χ0) is 18.8. The average molecular weight is 486 g/mol. The van der Waals surface area contributed by atoms with E-state index in [0.717, 1.165) is 38.3 Å². The molecule has 0 spiro atoms. The number of carbonyl (C=O) groups is 1. The summed E-state index contributed by atoms with van der Waals surface area (Å²) in [6, 6.07) is 7.03. The van der Waals surface area contributed by atoms with Crippen LogP contribution in [-0.2, 0) is 11.2 Å². The van der Waals surface area contributed by atoms with E-state index in [-0.39, 0.29) is 29.9 Å². The third kappa shape index (κ3) is 9.44. The number of amides is 1. The monoisotopic (exact) mass is 486 g/mol. The summed E-state index contributed by atoms with van der Waals surface area (Å²) < 4.78 is 0. The minimum Gasteiger partial charge on any atom is -0.357 e. The van der Waals surface area contributed by atoms with Crippen LogP contribution in [0.25, 0.3) is 0 Å². The highest BCUT2D eigenvalue weighted by atomic mass is 127. The third-order valence-electron chi connectivity index (χ3n) is 4.66. The Hall–Kier alpha value is -1.31. The lowest BCUT2D eigenvalue weighted by Crippen LogP contribution is -2.38. The van der Waals surface area contributed by atoms with Crippen molar-refractivity contribution in [3.05, 3.63) is 34.9 Å². The molecule has 2 rings (SSSR count). The van der Waals surface area contributed by atoms with Crippen LogP contribution >= 0.6 is 24.0 Å². The lowest BCUT2D eigenvalue weighted by Gasteiger charge is -2.13. The second kappa shape index (κ2) is 13.0. The number of aryl methyl sites for hydroxylation is 2. The van der Waals surface area contributed by atoms with Gasteiger partial charge in [0.2, 0.25) is 5.91 Å². The molecule has 1 aliphatic carbocycles. The van der Waals surface area contributed by atoms with Crippen molar-refractivity contribution >= 4 is 35.8 Å². The van der Waals surface area contributed by atoms with Gasteiger partial charge >= 0.3 is 0 Å². The summed E-state index contributed by atoms with van der Waals surface area (Å²) in [5.41, 5.74) is 3.93. The molecule has 5 nitrogen and oxygen atoms in total. The maximum Gasteiger partial charge on any atom is 0.222 e.